The lowest BCUT2D eigenvalue weighted by Gasteiger charge is -2.35. The molecule has 0 aromatic rings. The smallest absolute Gasteiger partial charge is 0.0726 e. The number of nitrogens with one attached hydrogen (secondary N) is 1. The maximum atomic E-state index is 5.74. The van der Waals surface area contributed by atoms with Gasteiger partial charge in [0.05, 0.1) is 18.3 Å². The summed E-state index contributed by atoms with van der Waals surface area (Å²) in [6.07, 6.45) is 3.58. The minimum atomic E-state index is 0.365. The average molecular weight is 256 g/mol. The van der Waals surface area contributed by atoms with Gasteiger partial charge in [0.25, 0.3) is 0 Å². The lowest BCUT2D eigenvalue weighted by molar-refractivity contribution is -0.0677. The average Bonchev–Trinajstić information content (AvgIpc) is 2.80. The Morgan fingerprint density at radius 1 is 1.28 bits per heavy atom. The second-order valence-electron chi connectivity index (χ2n) is 5.81. The summed E-state index contributed by atoms with van der Waals surface area (Å²) in [7, 11) is 0. The van der Waals surface area contributed by atoms with Crippen molar-refractivity contribution in [2.24, 2.45) is 0 Å². The summed E-state index contributed by atoms with van der Waals surface area (Å²) < 4.78 is 11.4. The highest BCUT2D eigenvalue weighted by Crippen LogP contribution is 2.15. The first-order valence-corrected chi connectivity index (χ1v) is 7.38. The molecule has 2 saturated heterocycles. The van der Waals surface area contributed by atoms with Gasteiger partial charge < -0.3 is 14.8 Å². The Morgan fingerprint density at radius 3 is 2.61 bits per heavy atom. The van der Waals surface area contributed by atoms with E-state index in [0.29, 0.717) is 24.4 Å². The molecule has 4 atom stereocenters. The van der Waals surface area contributed by atoms with Gasteiger partial charge in [-0.25, -0.2) is 0 Å². The fourth-order valence-corrected chi connectivity index (χ4v) is 3.05. The minimum absolute atomic E-state index is 0.365. The van der Waals surface area contributed by atoms with Gasteiger partial charge in [0.1, 0.15) is 0 Å². The first-order chi connectivity index (χ1) is 8.65. The van der Waals surface area contributed by atoms with Crippen LogP contribution in [-0.2, 0) is 9.47 Å². The summed E-state index contributed by atoms with van der Waals surface area (Å²) in [6, 6.07) is 0.475. The topological polar surface area (TPSA) is 33.7 Å². The standard InChI is InChI=1S/C14H28N2O2/c1-11-9-16(10-12(2)18-11)7-6-15-13(3)14-5-4-8-17-14/h11-15H,4-10H2,1-3H3/t11-,12+,13?,14?. The fraction of sp³-hybridized carbons (Fsp3) is 1.00. The van der Waals surface area contributed by atoms with Gasteiger partial charge in [-0.15, -0.1) is 0 Å². The van der Waals surface area contributed by atoms with Crippen LogP contribution in [0.25, 0.3) is 0 Å². The van der Waals surface area contributed by atoms with Gasteiger partial charge >= 0.3 is 0 Å². The largest absolute Gasteiger partial charge is 0.377 e. The first-order valence-electron chi connectivity index (χ1n) is 7.38. The van der Waals surface area contributed by atoms with E-state index >= 15 is 0 Å². The van der Waals surface area contributed by atoms with Crippen molar-refractivity contribution in [2.45, 2.75) is 58.0 Å². The highest BCUT2D eigenvalue weighted by atomic mass is 16.5. The molecule has 0 aromatic carbocycles. The quantitative estimate of drug-likeness (QED) is 0.803. The van der Waals surface area contributed by atoms with Gasteiger partial charge in [-0.3, -0.25) is 4.90 Å². The summed E-state index contributed by atoms with van der Waals surface area (Å²) in [4.78, 5) is 2.49. The Kier molecular flexibility index (Phi) is 5.42. The summed E-state index contributed by atoms with van der Waals surface area (Å²) in [5.74, 6) is 0. The van der Waals surface area contributed by atoms with Crippen LogP contribution in [0.2, 0.25) is 0 Å². The molecular formula is C14H28N2O2. The van der Waals surface area contributed by atoms with Crippen molar-refractivity contribution in [1.29, 1.82) is 0 Å². The predicted octanol–water partition coefficient (Wildman–Crippen LogP) is 1.25. The molecule has 2 fully saturated rings. The fourth-order valence-electron chi connectivity index (χ4n) is 3.05. The molecule has 0 bridgehead atoms. The number of ether oxygens (including phenoxy) is 2. The Morgan fingerprint density at radius 2 is 2.00 bits per heavy atom. The Labute approximate surface area is 111 Å². The Bertz CT molecular complexity index is 234. The van der Waals surface area contributed by atoms with E-state index in [1.807, 2.05) is 0 Å². The van der Waals surface area contributed by atoms with E-state index in [1.165, 1.54) is 12.8 Å². The molecule has 106 valence electrons. The molecule has 0 saturated carbocycles. The second-order valence-corrected chi connectivity index (χ2v) is 5.81. The van der Waals surface area contributed by atoms with Crippen molar-refractivity contribution >= 4 is 0 Å². The van der Waals surface area contributed by atoms with Crippen molar-refractivity contribution in [3.8, 4) is 0 Å². The van der Waals surface area contributed by atoms with Crippen molar-refractivity contribution in [3.05, 3.63) is 0 Å². The molecule has 0 radical (unpaired) electrons. The maximum Gasteiger partial charge on any atom is 0.0726 e. The molecule has 0 aliphatic carbocycles. The van der Waals surface area contributed by atoms with Gasteiger partial charge in [0.15, 0.2) is 0 Å². The summed E-state index contributed by atoms with van der Waals surface area (Å²) in [5, 5.41) is 3.59. The maximum absolute atomic E-state index is 5.74. The summed E-state index contributed by atoms with van der Waals surface area (Å²) >= 11 is 0. The summed E-state index contributed by atoms with van der Waals surface area (Å²) in [5.41, 5.74) is 0. The summed E-state index contributed by atoms with van der Waals surface area (Å²) in [6.45, 7) is 11.8. The van der Waals surface area contributed by atoms with Crippen molar-refractivity contribution < 1.29 is 9.47 Å². The zero-order valence-corrected chi connectivity index (χ0v) is 12.0. The van der Waals surface area contributed by atoms with E-state index in [1.54, 1.807) is 0 Å². The minimum Gasteiger partial charge on any atom is -0.377 e. The Hall–Kier alpha value is -0.160. The van der Waals surface area contributed by atoms with Crippen LogP contribution >= 0.6 is 0 Å². The lowest BCUT2D eigenvalue weighted by Crippen LogP contribution is -2.49. The number of rotatable bonds is 5. The third-order valence-electron chi connectivity index (χ3n) is 3.91. The van der Waals surface area contributed by atoms with Crippen LogP contribution in [0, 0.1) is 0 Å². The zero-order valence-electron chi connectivity index (χ0n) is 12.0. The molecular weight excluding hydrogens is 228 g/mol. The number of hydrogen-bond donors (Lipinski definition) is 1. The number of nitrogens with zero attached hydrogens (tertiary/aromatic N) is 1. The van der Waals surface area contributed by atoms with Gasteiger partial charge in [-0.05, 0) is 33.6 Å². The monoisotopic (exact) mass is 256 g/mol. The lowest BCUT2D eigenvalue weighted by atomic mass is 10.1. The van der Waals surface area contributed by atoms with Crippen LogP contribution in [0.5, 0.6) is 0 Å². The van der Waals surface area contributed by atoms with Crippen molar-refractivity contribution in [2.75, 3.05) is 32.8 Å². The van der Waals surface area contributed by atoms with Gasteiger partial charge in [-0.1, -0.05) is 0 Å². The van der Waals surface area contributed by atoms with Crippen molar-refractivity contribution in [1.82, 2.24) is 10.2 Å². The van der Waals surface area contributed by atoms with Crippen molar-refractivity contribution in [3.63, 3.8) is 0 Å². The third-order valence-corrected chi connectivity index (χ3v) is 3.91. The Balaban J connectivity index is 1.62. The van der Waals surface area contributed by atoms with Crippen LogP contribution in [-0.4, -0.2) is 62.0 Å². The molecule has 4 nitrogen and oxygen atoms in total. The van der Waals surface area contributed by atoms with Crippen LogP contribution in [0.15, 0.2) is 0 Å². The highest BCUT2D eigenvalue weighted by Gasteiger charge is 2.24. The molecule has 2 aliphatic rings. The molecule has 0 spiro atoms. The molecule has 4 heteroatoms. The van der Waals surface area contributed by atoms with E-state index in [-0.39, 0.29) is 0 Å². The van der Waals surface area contributed by atoms with E-state index in [4.69, 9.17) is 9.47 Å². The highest BCUT2D eigenvalue weighted by molar-refractivity contribution is 4.78. The van der Waals surface area contributed by atoms with Crippen LogP contribution in [0.1, 0.15) is 33.6 Å². The molecule has 18 heavy (non-hydrogen) atoms. The van der Waals surface area contributed by atoms with E-state index in [9.17, 15) is 0 Å². The predicted molar refractivity (Wildman–Crippen MR) is 72.9 cm³/mol. The van der Waals surface area contributed by atoms with Gasteiger partial charge in [0.2, 0.25) is 0 Å². The van der Waals surface area contributed by atoms with E-state index < -0.39 is 0 Å². The second kappa shape index (κ2) is 6.85. The normalized spacial score (nSPS) is 35.8. The SMILES string of the molecule is CC(NCCN1C[C@@H](C)O[C@@H](C)C1)C1CCCO1. The molecule has 2 unspecified atom stereocenters. The molecule has 0 aromatic heterocycles. The molecule has 1 N–H and O–H groups in total. The molecule has 2 aliphatic heterocycles. The van der Waals surface area contributed by atoms with Gasteiger partial charge in [0, 0.05) is 38.8 Å². The van der Waals surface area contributed by atoms with Crippen LogP contribution in [0.4, 0.5) is 0 Å². The number of hydrogen-bond acceptors (Lipinski definition) is 4. The van der Waals surface area contributed by atoms with Gasteiger partial charge in [-0.2, -0.15) is 0 Å². The van der Waals surface area contributed by atoms with Crippen LogP contribution < -0.4 is 5.32 Å². The third kappa shape index (κ3) is 4.19. The zero-order chi connectivity index (χ0) is 13.0. The molecule has 0 amide bonds. The number of morpholine rings is 1. The molecule has 2 heterocycles. The van der Waals surface area contributed by atoms with E-state index in [0.717, 1.165) is 32.8 Å². The first kappa shape index (κ1) is 14.3. The van der Waals surface area contributed by atoms with E-state index in [2.05, 4.69) is 31.0 Å². The van der Waals surface area contributed by atoms with Crippen LogP contribution in [0.3, 0.4) is 0 Å². The molecule has 2 rings (SSSR count).